The van der Waals surface area contributed by atoms with Gasteiger partial charge >= 0.3 is 0 Å². The molecule has 86 valence electrons. The van der Waals surface area contributed by atoms with E-state index in [1.807, 2.05) is 11.3 Å². The van der Waals surface area contributed by atoms with Crippen molar-refractivity contribution in [1.82, 2.24) is 10.2 Å². The predicted octanol–water partition coefficient (Wildman–Crippen LogP) is 2.94. The third kappa shape index (κ3) is 5.66. The maximum Gasteiger partial charge on any atom is 0.0325 e. The van der Waals surface area contributed by atoms with Gasteiger partial charge in [0.1, 0.15) is 0 Å². The zero-order valence-electron chi connectivity index (χ0n) is 9.42. The number of hydrogen-bond acceptors (Lipinski definition) is 3. The van der Waals surface area contributed by atoms with Crippen LogP contribution in [-0.2, 0) is 6.54 Å². The van der Waals surface area contributed by atoms with Crippen LogP contribution in [0.1, 0.15) is 18.2 Å². The second-order valence-electron chi connectivity index (χ2n) is 3.68. The largest absolute Gasteiger partial charge is 0.317 e. The summed E-state index contributed by atoms with van der Waals surface area (Å²) in [5.41, 5.74) is 0. The maximum atomic E-state index is 3.48. The van der Waals surface area contributed by atoms with Crippen molar-refractivity contribution in [1.29, 1.82) is 0 Å². The van der Waals surface area contributed by atoms with Crippen molar-refractivity contribution >= 4 is 27.3 Å². The van der Waals surface area contributed by atoms with Gasteiger partial charge in [0.05, 0.1) is 0 Å². The summed E-state index contributed by atoms with van der Waals surface area (Å²) in [6, 6.07) is 2.20. The summed E-state index contributed by atoms with van der Waals surface area (Å²) in [6.45, 7) is 6.55. The molecule has 0 unspecified atom stereocenters. The first-order valence-electron chi connectivity index (χ1n) is 5.34. The van der Waals surface area contributed by atoms with E-state index < -0.39 is 0 Å². The monoisotopic (exact) mass is 290 g/mol. The second kappa shape index (κ2) is 7.39. The first-order valence-corrected chi connectivity index (χ1v) is 7.01. The Kier molecular flexibility index (Phi) is 6.48. The molecule has 15 heavy (non-hydrogen) atoms. The molecule has 1 aromatic heterocycles. The summed E-state index contributed by atoms with van der Waals surface area (Å²) in [5, 5.41) is 5.48. The van der Waals surface area contributed by atoms with Crippen LogP contribution in [0.25, 0.3) is 0 Å². The van der Waals surface area contributed by atoms with Crippen LogP contribution in [0.5, 0.6) is 0 Å². The molecule has 0 fully saturated rings. The molecule has 2 nitrogen and oxygen atoms in total. The molecule has 0 amide bonds. The molecule has 1 aromatic rings. The average Bonchev–Trinajstić information content (AvgIpc) is 2.59. The van der Waals surface area contributed by atoms with Gasteiger partial charge in [0.25, 0.3) is 0 Å². The van der Waals surface area contributed by atoms with E-state index in [9.17, 15) is 0 Å². The van der Waals surface area contributed by atoms with E-state index in [0.717, 1.165) is 26.2 Å². The highest BCUT2D eigenvalue weighted by atomic mass is 79.9. The van der Waals surface area contributed by atoms with Crippen LogP contribution in [0.15, 0.2) is 15.9 Å². The van der Waals surface area contributed by atoms with E-state index in [1.54, 1.807) is 0 Å². The van der Waals surface area contributed by atoms with Crippen LogP contribution in [0, 0.1) is 0 Å². The molecule has 4 heteroatoms. The normalized spacial score (nSPS) is 11.2. The van der Waals surface area contributed by atoms with Crippen LogP contribution in [0.2, 0.25) is 0 Å². The molecule has 0 radical (unpaired) electrons. The van der Waals surface area contributed by atoms with Crippen molar-refractivity contribution in [3.63, 3.8) is 0 Å². The van der Waals surface area contributed by atoms with E-state index in [2.05, 4.69) is 51.6 Å². The van der Waals surface area contributed by atoms with Crippen molar-refractivity contribution in [3.05, 3.63) is 20.8 Å². The van der Waals surface area contributed by atoms with Crippen molar-refractivity contribution < 1.29 is 0 Å². The van der Waals surface area contributed by atoms with E-state index in [4.69, 9.17) is 0 Å². The highest BCUT2D eigenvalue weighted by Crippen LogP contribution is 2.20. The average molecular weight is 291 g/mol. The molecule has 0 aliphatic carbocycles. The molecule has 0 saturated heterocycles. The van der Waals surface area contributed by atoms with Crippen LogP contribution >= 0.6 is 27.3 Å². The highest BCUT2D eigenvalue weighted by molar-refractivity contribution is 9.10. The molecule has 1 N–H and O–H groups in total. The van der Waals surface area contributed by atoms with Gasteiger partial charge in [0.15, 0.2) is 0 Å². The Bertz CT molecular complexity index is 275. The molecule has 1 heterocycles. The lowest BCUT2D eigenvalue weighted by Crippen LogP contribution is -2.23. The lowest BCUT2D eigenvalue weighted by molar-refractivity contribution is 0.323. The quantitative estimate of drug-likeness (QED) is 0.777. The van der Waals surface area contributed by atoms with E-state index >= 15 is 0 Å². The van der Waals surface area contributed by atoms with Gasteiger partial charge < -0.3 is 10.2 Å². The fraction of sp³-hybridized carbons (Fsp3) is 0.636. The molecule has 0 aliphatic rings. The van der Waals surface area contributed by atoms with Crippen LogP contribution in [0.4, 0.5) is 0 Å². The Morgan fingerprint density at radius 3 is 2.93 bits per heavy atom. The summed E-state index contributed by atoms with van der Waals surface area (Å²) in [5.74, 6) is 0. The molecule has 0 bridgehead atoms. The number of rotatable bonds is 7. The van der Waals surface area contributed by atoms with E-state index in [-0.39, 0.29) is 0 Å². The number of hydrogen-bond donors (Lipinski definition) is 1. The van der Waals surface area contributed by atoms with Gasteiger partial charge in [-0.25, -0.2) is 0 Å². The number of thiophene rings is 1. The predicted molar refractivity (Wildman–Crippen MR) is 71.5 cm³/mol. The number of halogens is 1. The SMILES string of the molecule is CCNCCCN(C)Cc1cc(Br)cs1. The first kappa shape index (κ1) is 13.2. The minimum atomic E-state index is 1.06. The zero-order valence-corrected chi connectivity index (χ0v) is 11.8. The van der Waals surface area contributed by atoms with Gasteiger partial charge in [-0.05, 0) is 55.1 Å². The second-order valence-corrected chi connectivity index (χ2v) is 5.59. The Labute approximate surface area is 105 Å². The summed E-state index contributed by atoms with van der Waals surface area (Å²) in [7, 11) is 2.18. The van der Waals surface area contributed by atoms with Gasteiger partial charge in [0.2, 0.25) is 0 Å². The summed E-state index contributed by atoms with van der Waals surface area (Å²) in [4.78, 5) is 3.79. The maximum absolute atomic E-state index is 3.48. The topological polar surface area (TPSA) is 15.3 Å². The van der Waals surface area contributed by atoms with Crippen molar-refractivity contribution in [2.24, 2.45) is 0 Å². The molecule has 0 saturated carbocycles. The van der Waals surface area contributed by atoms with Crippen LogP contribution < -0.4 is 5.32 Å². The molecular formula is C11H19BrN2S. The Hall–Kier alpha value is 0.1000. The van der Waals surface area contributed by atoms with Crippen LogP contribution in [0.3, 0.4) is 0 Å². The Balaban J connectivity index is 2.15. The van der Waals surface area contributed by atoms with Gasteiger partial charge in [0, 0.05) is 21.3 Å². The van der Waals surface area contributed by atoms with Crippen molar-refractivity contribution in [2.75, 3.05) is 26.7 Å². The highest BCUT2D eigenvalue weighted by Gasteiger charge is 2.02. The summed E-state index contributed by atoms with van der Waals surface area (Å²) < 4.78 is 1.20. The van der Waals surface area contributed by atoms with Gasteiger partial charge in [-0.1, -0.05) is 6.92 Å². The fourth-order valence-corrected chi connectivity index (χ4v) is 2.96. The molecule has 1 rings (SSSR count). The number of nitrogens with zero attached hydrogens (tertiary/aromatic N) is 1. The summed E-state index contributed by atoms with van der Waals surface area (Å²) in [6.07, 6.45) is 1.22. The molecule has 0 aromatic carbocycles. The molecule has 0 spiro atoms. The standard InChI is InChI=1S/C11H19BrN2S/c1-3-13-5-4-6-14(2)8-11-7-10(12)9-15-11/h7,9,13H,3-6,8H2,1-2H3. The van der Waals surface area contributed by atoms with Gasteiger partial charge in [-0.2, -0.15) is 0 Å². The molecular weight excluding hydrogens is 272 g/mol. The summed E-state index contributed by atoms with van der Waals surface area (Å²) >= 11 is 5.29. The number of nitrogens with one attached hydrogen (secondary N) is 1. The van der Waals surface area contributed by atoms with E-state index in [0.29, 0.717) is 0 Å². The fourth-order valence-electron chi connectivity index (χ4n) is 1.43. The third-order valence-electron chi connectivity index (χ3n) is 2.19. The Morgan fingerprint density at radius 2 is 2.33 bits per heavy atom. The first-order chi connectivity index (χ1) is 7.22. The van der Waals surface area contributed by atoms with Gasteiger partial charge in [-0.15, -0.1) is 11.3 Å². The van der Waals surface area contributed by atoms with Crippen molar-refractivity contribution in [3.8, 4) is 0 Å². The van der Waals surface area contributed by atoms with E-state index in [1.165, 1.54) is 15.8 Å². The van der Waals surface area contributed by atoms with Crippen LogP contribution in [-0.4, -0.2) is 31.6 Å². The lowest BCUT2D eigenvalue weighted by Gasteiger charge is -2.15. The van der Waals surface area contributed by atoms with Gasteiger partial charge in [-0.3, -0.25) is 0 Å². The minimum Gasteiger partial charge on any atom is -0.317 e. The zero-order chi connectivity index (χ0) is 11.1. The Morgan fingerprint density at radius 1 is 1.53 bits per heavy atom. The molecule has 0 aliphatic heterocycles. The molecule has 0 atom stereocenters. The third-order valence-corrected chi connectivity index (χ3v) is 3.87. The smallest absolute Gasteiger partial charge is 0.0325 e. The minimum absolute atomic E-state index is 1.06. The van der Waals surface area contributed by atoms with Crippen molar-refractivity contribution in [2.45, 2.75) is 19.9 Å². The lowest BCUT2D eigenvalue weighted by atomic mass is 10.3.